The zero-order chi connectivity index (χ0) is 12.5. The second-order valence-electron chi connectivity index (χ2n) is 6.39. The second-order valence-corrected chi connectivity index (χ2v) is 6.39. The summed E-state index contributed by atoms with van der Waals surface area (Å²) in [5.41, 5.74) is 6.09. The number of hydrogen-bond donors (Lipinski definition) is 2. The molecule has 98 valence electrons. The van der Waals surface area contributed by atoms with Gasteiger partial charge in [0.2, 0.25) is 5.91 Å². The Hall–Kier alpha value is -0.570. The maximum atomic E-state index is 12.3. The van der Waals surface area contributed by atoms with Gasteiger partial charge in [-0.05, 0) is 45.4 Å². The number of hydrogen-bond acceptors (Lipinski definition) is 2. The predicted molar refractivity (Wildman–Crippen MR) is 69.5 cm³/mol. The number of nitrogens with one attached hydrogen (secondary N) is 1. The number of carbonyl (C=O) groups excluding carboxylic acids is 1. The van der Waals surface area contributed by atoms with Crippen LogP contribution in [0.5, 0.6) is 0 Å². The zero-order valence-corrected chi connectivity index (χ0v) is 11.2. The lowest BCUT2D eigenvalue weighted by atomic mass is 9.91. The van der Waals surface area contributed by atoms with Crippen LogP contribution in [0, 0.1) is 11.8 Å². The summed E-state index contributed by atoms with van der Waals surface area (Å²) in [6, 6.07) is 0.0625. The zero-order valence-electron chi connectivity index (χ0n) is 11.2. The topological polar surface area (TPSA) is 55.1 Å². The van der Waals surface area contributed by atoms with Gasteiger partial charge in [0.1, 0.15) is 0 Å². The van der Waals surface area contributed by atoms with Gasteiger partial charge in [0.15, 0.2) is 0 Å². The lowest BCUT2D eigenvalue weighted by molar-refractivity contribution is -0.127. The molecule has 0 aromatic rings. The van der Waals surface area contributed by atoms with Crippen LogP contribution in [-0.2, 0) is 4.79 Å². The average Bonchev–Trinajstić information content (AvgIpc) is 3.03. The third-order valence-corrected chi connectivity index (χ3v) is 4.45. The van der Waals surface area contributed by atoms with E-state index in [-0.39, 0.29) is 23.4 Å². The molecule has 17 heavy (non-hydrogen) atoms. The fourth-order valence-electron chi connectivity index (χ4n) is 2.98. The van der Waals surface area contributed by atoms with E-state index in [1.807, 2.05) is 0 Å². The maximum absolute atomic E-state index is 12.3. The van der Waals surface area contributed by atoms with Crippen molar-refractivity contribution in [2.45, 2.75) is 70.4 Å². The van der Waals surface area contributed by atoms with E-state index < -0.39 is 0 Å². The molecule has 0 saturated heterocycles. The Morgan fingerprint density at radius 3 is 2.41 bits per heavy atom. The van der Waals surface area contributed by atoms with Crippen molar-refractivity contribution in [3.63, 3.8) is 0 Å². The van der Waals surface area contributed by atoms with Crippen molar-refractivity contribution in [1.82, 2.24) is 5.32 Å². The van der Waals surface area contributed by atoms with Crippen LogP contribution in [0.3, 0.4) is 0 Å². The molecule has 2 rings (SSSR count). The van der Waals surface area contributed by atoms with Gasteiger partial charge < -0.3 is 11.1 Å². The highest BCUT2D eigenvalue weighted by Gasteiger charge is 2.40. The molecule has 0 radical (unpaired) electrons. The van der Waals surface area contributed by atoms with Crippen LogP contribution < -0.4 is 11.1 Å². The quantitative estimate of drug-likeness (QED) is 0.741. The molecule has 0 aromatic carbocycles. The summed E-state index contributed by atoms with van der Waals surface area (Å²) >= 11 is 0. The van der Waals surface area contributed by atoms with Crippen molar-refractivity contribution >= 4 is 5.91 Å². The molecule has 2 unspecified atom stereocenters. The molecule has 3 nitrogen and oxygen atoms in total. The van der Waals surface area contributed by atoms with E-state index >= 15 is 0 Å². The van der Waals surface area contributed by atoms with E-state index in [0.717, 1.165) is 19.3 Å². The summed E-state index contributed by atoms with van der Waals surface area (Å²) in [7, 11) is 0. The van der Waals surface area contributed by atoms with E-state index in [0.29, 0.717) is 5.92 Å². The summed E-state index contributed by atoms with van der Waals surface area (Å²) < 4.78 is 0. The highest BCUT2D eigenvalue weighted by molar-refractivity contribution is 5.80. The van der Waals surface area contributed by atoms with Gasteiger partial charge in [0.25, 0.3) is 0 Å². The van der Waals surface area contributed by atoms with E-state index in [9.17, 15) is 4.79 Å². The van der Waals surface area contributed by atoms with Crippen molar-refractivity contribution < 1.29 is 4.79 Å². The van der Waals surface area contributed by atoms with Crippen molar-refractivity contribution in [3.05, 3.63) is 0 Å². The van der Waals surface area contributed by atoms with Crippen molar-refractivity contribution in [3.8, 4) is 0 Å². The van der Waals surface area contributed by atoms with Crippen molar-refractivity contribution in [2.24, 2.45) is 17.6 Å². The van der Waals surface area contributed by atoms with Crippen LogP contribution in [0.25, 0.3) is 0 Å². The van der Waals surface area contributed by atoms with Crippen LogP contribution in [-0.4, -0.2) is 17.5 Å². The molecular formula is C14H26N2O. The first kappa shape index (κ1) is 12.9. The number of rotatable bonds is 3. The van der Waals surface area contributed by atoms with Gasteiger partial charge in [-0.3, -0.25) is 4.79 Å². The smallest absolute Gasteiger partial charge is 0.225 e. The fraction of sp³-hybridized carbons (Fsp3) is 0.929. The van der Waals surface area contributed by atoms with Gasteiger partial charge in [0, 0.05) is 11.6 Å². The Morgan fingerprint density at radius 2 is 1.76 bits per heavy atom. The monoisotopic (exact) mass is 238 g/mol. The number of amides is 1. The van der Waals surface area contributed by atoms with E-state index in [1.165, 1.54) is 25.7 Å². The highest BCUT2D eigenvalue weighted by Crippen LogP contribution is 2.39. The molecule has 0 spiro atoms. The largest absolute Gasteiger partial charge is 0.351 e. The van der Waals surface area contributed by atoms with Gasteiger partial charge in [0.05, 0.1) is 5.92 Å². The molecule has 0 aromatic heterocycles. The van der Waals surface area contributed by atoms with Crippen LogP contribution in [0.1, 0.15) is 58.8 Å². The first-order valence-corrected chi connectivity index (χ1v) is 7.08. The van der Waals surface area contributed by atoms with Crippen molar-refractivity contribution in [2.75, 3.05) is 0 Å². The van der Waals surface area contributed by atoms with E-state index in [2.05, 4.69) is 19.2 Å². The summed E-state index contributed by atoms with van der Waals surface area (Å²) in [4.78, 5) is 12.3. The number of nitrogens with two attached hydrogens (primary N) is 1. The van der Waals surface area contributed by atoms with Gasteiger partial charge in [-0.15, -0.1) is 0 Å². The molecule has 2 aliphatic carbocycles. The Labute approximate surface area is 105 Å². The van der Waals surface area contributed by atoms with Crippen LogP contribution >= 0.6 is 0 Å². The third kappa shape index (κ3) is 3.21. The first-order valence-electron chi connectivity index (χ1n) is 7.08. The summed E-state index contributed by atoms with van der Waals surface area (Å²) in [6.45, 7) is 4.29. The molecule has 0 heterocycles. The molecule has 2 saturated carbocycles. The van der Waals surface area contributed by atoms with Crippen LogP contribution in [0.2, 0.25) is 0 Å². The third-order valence-electron chi connectivity index (χ3n) is 4.45. The molecule has 0 aliphatic heterocycles. The summed E-state index contributed by atoms with van der Waals surface area (Å²) in [5, 5.41) is 3.23. The predicted octanol–water partition coefficient (Wildman–Crippen LogP) is 2.20. The van der Waals surface area contributed by atoms with Crippen LogP contribution in [0.4, 0.5) is 0 Å². The fourth-order valence-corrected chi connectivity index (χ4v) is 2.98. The maximum Gasteiger partial charge on any atom is 0.225 e. The first-order chi connectivity index (χ1) is 8.00. The minimum absolute atomic E-state index is 0.0375. The standard InChI is InChI=1S/C14H26N2O/c1-14(2,10-8-9-10)16-13(17)11-6-4-3-5-7-12(11)15/h10-12H,3-9,15H2,1-2H3,(H,16,17). The number of carbonyl (C=O) groups is 1. The summed E-state index contributed by atoms with van der Waals surface area (Å²) in [6.07, 6.45) is 8.03. The molecule has 1 amide bonds. The molecule has 3 N–H and O–H groups in total. The molecular weight excluding hydrogens is 212 g/mol. The van der Waals surface area contributed by atoms with Gasteiger partial charge >= 0.3 is 0 Å². The van der Waals surface area contributed by atoms with Gasteiger partial charge in [-0.2, -0.15) is 0 Å². The molecule has 2 atom stereocenters. The second kappa shape index (κ2) is 4.97. The lowest BCUT2D eigenvalue weighted by Gasteiger charge is -2.30. The Kier molecular flexibility index (Phi) is 3.76. The normalized spacial score (nSPS) is 30.8. The average molecular weight is 238 g/mol. The van der Waals surface area contributed by atoms with Crippen molar-refractivity contribution in [1.29, 1.82) is 0 Å². The minimum Gasteiger partial charge on any atom is -0.351 e. The van der Waals surface area contributed by atoms with Crippen LogP contribution in [0.15, 0.2) is 0 Å². The molecule has 2 aliphatic rings. The van der Waals surface area contributed by atoms with E-state index in [4.69, 9.17) is 5.73 Å². The molecule has 0 bridgehead atoms. The molecule has 3 heteroatoms. The molecule has 2 fully saturated rings. The Morgan fingerprint density at radius 1 is 1.12 bits per heavy atom. The highest BCUT2D eigenvalue weighted by atomic mass is 16.2. The SMILES string of the molecule is CC(C)(NC(=O)C1CCCCCC1N)C1CC1. The van der Waals surface area contributed by atoms with Gasteiger partial charge in [-0.1, -0.05) is 19.3 Å². The van der Waals surface area contributed by atoms with Gasteiger partial charge in [-0.25, -0.2) is 0 Å². The Balaban J connectivity index is 1.93. The summed E-state index contributed by atoms with van der Waals surface area (Å²) in [5.74, 6) is 0.903. The minimum atomic E-state index is -0.0386. The Bertz CT molecular complexity index is 284. The lowest BCUT2D eigenvalue weighted by Crippen LogP contribution is -2.51. The van der Waals surface area contributed by atoms with E-state index in [1.54, 1.807) is 0 Å².